The second-order valence-corrected chi connectivity index (χ2v) is 10.7. The van der Waals surface area contributed by atoms with Crippen LogP contribution in [0.5, 0.6) is 0 Å². The maximum atomic E-state index is 6.21. The van der Waals surface area contributed by atoms with E-state index in [2.05, 4.69) is 65.6 Å². The number of rotatable bonds is 3. The van der Waals surface area contributed by atoms with E-state index in [1.807, 2.05) is 72.9 Å². The van der Waals surface area contributed by atoms with Crippen molar-refractivity contribution >= 4 is 54.4 Å². The van der Waals surface area contributed by atoms with Crippen LogP contribution in [0.2, 0.25) is 0 Å². The maximum absolute atomic E-state index is 6.21. The van der Waals surface area contributed by atoms with Crippen LogP contribution in [0, 0.1) is 0 Å². The summed E-state index contributed by atoms with van der Waals surface area (Å²) in [5.74, 6) is 1.85. The summed E-state index contributed by atoms with van der Waals surface area (Å²) in [4.78, 5) is 19.9. The highest BCUT2D eigenvalue weighted by molar-refractivity contribution is 6.22. The summed E-state index contributed by atoms with van der Waals surface area (Å²) in [5.41, 5.74) is 5.41. The van der Waals surface area contributed by atoms with Crippen molar-refractivity contribution in [2.24, 2.45) is 0 Å². The van der Waals surface area contributed by atoms with Gasteiger partial charge in [0.15, 0.2) is 17.5 Å². The van der Waals surface area contributed by atoms with Crippen molar-refractivity contribution in [3.05, 3.63) is 134 Å². The number of para-hydroxylation sites is 1. The van der Waals surface area contributed by atoms with Crippen LogP contribution in [0.25, 0.3) is 88.5 Å². The first-order valence-corrected chi connectivity index (χ1v) is 14.2. The first-order chi connectivity index (χ1) is 21.3. The summed E-state index contributed by atoms with van der Waals surface area (Å²) in [5, 5.41) is 7.67. The molecule has 9 aromatic rings. The summed E-state index contributed by atoms with van der Waals surface area (Å²) >= 11 is 0. The molecule has 43 heavy (non-hydrogen) atoms. The Bertz CT molecular complexity index is 2520. The Morgan fingerprint density at radius 1 is 0.442 bits per heavy atom. The summed E-state index contributed by atoms with van der Waals surface area (Å²) in [6.07, 6.45) is 1.84. The number of pyridine rings is 1. The molecule has 5 nitrogen and oxygen atoms in total. The van der Waals surface area contributed by atoms with E-state index >= 15 is 0 Å². The van der Waals surface area contributed by atoms with Crippen LogP contribution in [0.15, 0.2) is 138 Å². The molecule has 9 rings (SSSR count). The fourth-order valence-electron chi connectivity index (χ4n) is 6.24. The van der Waals surface area contributed by atoms with Crippen LogP contribution in [0.1, 0.15) is 0 Å². The van der Waals surface area contributed by atoms with Crippen molar-refractivity contribution in [2.75, 3.05) is 0 Å². The average Bonchev–Trinajstić information content (AvgIpc) is 3.47. The fraction of sp³-hybridized carbons (Fsp3) is 0. The normalized spacial score (nSPS) is 11.7. The smallest absolute Gasteiger partial charge is 0.164 e. The van der Waals surface area contributed by atoms with Gasteiger partial charge in [-0.25, -0.2) is 15.0 Å². The van der Waals surface area contributed by atoms with E-state index in [-0.39, 0.29) is 0 Å². The number of furan rings is 1. The maximum Gasteiger partial charge on any atom is 0.164 e. The molecule has 200 valence electrons. The van der Waals surface area contributed by atoms with Gasteiger partial charge in [-0.1, -0.05) is 97.1 Å². The Hall–Kier alpha value is -5.94. The third-order valence-electron chi connectivity index (χ3n) is 8.16. The van der Waals surface area contributed by atoms with Gasteiger partial charge in [0.25, 0.3) is 0 Å². The molecular formula is C38H22N4O. The van der Waals surface area contributed by atoms with Crippen LogP contribution in [0.3, 0.4) is 0 Å². The Kier molecular flexibility index (Phi) is 5.13. The lowest BCUT2D eigenvalue weighted by Gasteiger charge is -2.14. The van der Waals surface area contributed by atoms with E-state index in [9.17, 15) is 0 Å². The van der Waals surface area contributed by atoms with Crippen molar-refractivity contribution in [3.8, 4) is 34.2 Å². The second-order valence-electron chi connectivity index (χ2n) is 10.7. The minimum atomic E-state index is 0.605. The monoisotopic (exact) mass is 550 g/mol. The zero-order valence-electron chi connectivity index (χ0n) is 22.9. The molecule has 0 aliphatic rings. The van der Waals surface area contributed by atoms with E-state index < -0.39 is 0 Å². The van der Waals surface area contributed by atoms with E-state index in [0.717, 1.165) is 65.7 Å². The lowest BCUT2D eigenvalue weighted by atomic mass is 9.94. The van der Waals surface area contributed by atoms with Gasteiger partial charge in [-0.15, -0.1) is 0 Å². The Labute approximate surface area is 246 Å². The van der Waals surface area contributed by atoms with Crippen molar-refractivity contribution < 1.29 is 4.42 Å². The minimum absolute atomic E-state index is 0.605. The number of hydrogen-bond donors (Lipinski definition) is 0. The van der Waals surface area contributed by atoms with Gasteiger partial charge in [0.2, 0.25) is 0 Å². The zero-order chi connectivity index (χ0) is 28.3. The van der Waals surface area contributed by atoms with Gasteiger partial charge in [0.05, 0.1) is 5.52 Å². The largest absolute Gasteiger partial charge is 0.456 e. The van der Waals surface area contributed by atoms with Gasteiger partial charge in [0.1, 0.15) is 11.2 Å². The van der Waals surface area contributed by atoms with Crippen LogP contribution in [-0.4, -0.2) is 19.9 Å². The molecule has 5 heteroatoms. The molecule has 0 aliphatic heterocycles. The Balaban J connectivity index is 1.38. The highest BCUT2D eigenvalue weighted by Gasteiger charge is 2.19. The number of nitrogens with zero attached hydrogens (tertiary/aromatic N) is 4. The summed E-state index contributed by atoms with van der Waals surface area (Å²) in [7, 11) is 0. The van der Waals surface area contributed by atoms with E-state index in [1.165, 1.54) is 5.39 Å². The standard InChI is InChI=1S/C38H22N4O/c1-2-10-23(11-3-1)36-40-37(29-15-8-18-33-35(29)28-14-6-7-17-32(28)43-33)42-38(41-36)30-22-24-19-20-31-27(16-9-21-39-31)34(24)26-13-5-4-12-25(26)30/h1-22H. The van der Waals surface area contributed by atoms with Crippen molar-refractivity contribution in [1.82, 2.24) is 19.9 Å². The average molecular weight is 551 g/mol. The highest BCUT2D eigenvalue weighted by Crippen LogP contribution is 2.39. The molecule has 0 aliphatic carbocycles. The molecule has 0 fully saturated rings. The van der Waals surface area contributed by atoms with Gasteiger partial charge in [0, 0.05) is 39.0 Å². The lowest BCUT2D eigenvalue weighted by Crippen LogP contribution is -2.01. The zero-order valence-corrected chi connectivity index (χ0v) is 22.9. The molecule has 0 saturated heterocycles. The van der Waals surface area contributed by atoms with Gasteiger partial charge >= 0.3 is 0 Å². The molecule has 0 radical (unpaired) electrons. The molecule has 0 N–H and O–H groups in total. The molecule has 0 unspecified atom stereocenters. The molecule has 0 spiro atoms. The second kappa shape index (κ2) is 9.29. The quantitative estimate of drug-likeness (QED) is 0.205. The summed E-state index contributed by atoms with van der Waals surface area (Å²) in [6.45, 7) is 0. The molecule has 0 amide bonds. The molecule has 0 atom stereocenters. The Morgan fingerprint density at radius 3 is 2.02 bits per heavy atom. The summed E-state index contributed by atoms with van der Waals surface area (Å²) < 4.78 is 6.21. The number of aromatic nitrogens is 4. The fourth-order valence-corrected chi connectivity index (χ4v) is 6.24. The van der Waals surface area contributed by atoms with Crippen LogP contribution in [0.4, 0.5) is 0 Å². The lowest BCUT2D eigenvalue weighted by molar-refractivity contribution is 0.669. The third kappa shape index (κ3) is 3.72. The van der Waals surface area contributed by atoms with E-state index in [0.29, 0.717) is 17.5 Å². The van der Waals surface area contributed by atoms with Crippen LogP contribution < -0.4 is 0 Å². The van der Waals surface area contributed by atoms with E-state index in [1.54, 1.807) is 0 Å². The Morgan fingerprint density at radius 2 is 1.14 bits per heavy atom. The number of fused-ring (bicyclic) bond motifs is 8. The first-order valence-electron chi connectivity index (χ1n) is 14.2. The summed E-state index contributed by atoms with van der Waals surface area (Å²) in [6, 6.07) is 43.3. The van der Waals surface area contributed by atoms with Gasteiger partial charge < -0.3 is 4.42 Å². The van der Waals surface area contributed by atoms with Crippen molar-refractivity contribution in [2.45, 2.75) is 0 Å². The molecule has 6 aromatic carbocycles. The third-order valence-corrected chi connectivity index (χ3v) is 8.16. The van der Waals surface area contributed by atoms with Crippen molar-refractivity contribution in [1.29, 1.82) is 0 Å². The highest BCUT2D eigenvalue weighted by atomic mass is 16.3. The van der Waals surface area contributed by atoms with Gasteiger partial charge in [-0.3, -0.25) is 4.98 Å². The molecule has 0 bridgehead atoms. The van der Waals surface area contributed by atoms with Crippen molar-refractivity contribution in [3.63, 3.8) is 0 Å². The molecule has 3 heterocycles. The number of benzene rings is 6. The molecule has 3 aromatic heterocycles. The molecular weight excluding hydrogens is 528 g/mol. The topological polar surface area (TPSA) is 64.7 Å². The number of hydrogen-bond acceptors (Lipinski definition) is 5. The SMILES string of the molecule is c1ccc(-c2nc(-c3cc4ccc5ncccc5c4c4ccccc34)nc(-c3cccc4oc5ccccc5c34)n2)cc1. The minimum Gasteiger partial charge on any atom is -0.456 e. The first kappa shape index (κ1) is 23.7. The van der Waals surface area contributed by atoms with Crippen LogP contribution in [-0.2, 0) is 0 Å². The van der Waals surface area contributed by atoms with Gasteiger partial charge in [-0.2, -0.15) is 0 Å². The predicted molar refractivity (Wildman–Crippen MR) is 174 cm³/mol. The van der Waals surface area contributed by atoms with Gasteiger partial charge in [-0.05, 0) is 51.9 Å². The molecule has 0 saturated carbocycles. The predicted octanol–water partition coefficient (Wildman–Crippen LogP) is 9.63. The van der Waals surface area contributed by atoms with E-state index in [4.69, 9.17) is 19.4 Å². The van der Waals surface area contributed by atoms with Crippen LogP contribution >= 0.6 is 0 Å².